The molecule has 0 fully saturated rings. The van der Waals surface area contributed by atoms with E-state index in [1.54, 1.807) is 0 Å². The van der Waals surface area contributed by atoms with Crippen molar-refractivity contribution in [1.29, 1.82) is 0 Å². The van der Waals surface area contributed by atoms with Crippen LogP contribution < -0.4 is 0 Å². The Hall–Kier alpha value is 0.410. The molecule has 68 valence electrons. The first-order chi connectivity index (χ1) is 6.21. The van der Waals surface area contributed by atoms with E-state index in [2.05, 4.69) is 24.3 Å². The summed E-state index contributed by atoms with van der Waals surface area (Å²) in [4.78, 5) is 0. The van der Waals surface area contributed by atoms with Crippen LogP contribution in [-0.2, 0) is 17.6 Å². The molecule has 2 aliphatic rings. The van der Waals surface area contributed by atoms with Crippen molar-refractivity contribution in [1.82, 2.24) is 0 Å². The van der Waals surface area contributed by atoms with Crippen LogP contribution in [-0.4, -0.2) is 0 Å². The van der Waals surface area contributed by atoms with Gasteiger partial charge in [0.05, 0.1) is 0 Å². The van der Waals surface area contributed by atoms with Gasteiger partial charge >= 0.3 is 90.7 Å². The van der Waals surface area contributed by atoms with Gasteiger partial charge in [0.1, 0.15) is 0 Å². The average molecular weight is 380 g/mol. The van der Waals surface area contributed by atoms with Crippen molar-refractivity contribution in [3.05, 3.63) is 48.6 Å². The van der Waals surface area contributed by atoms with Crippen molar-refractivity contribution < 1.29 is 17.6 Å². The standard InChI is InChI=1S/2C5H5.2ClH.Hf/c2*1-2-4-5-3-1;;;/h2*1-5H;2*1H;/q;;;;+2/p-2. The van der Waals surface area contributed by atoms with Crippen molar-refractivity contribution in [3.8, 4) is 0 Å². The van der Waals surface area contributed by atoms with Crippen LogP contribution in [0.25, 0.3) is 0 Å². The molecule has 0 N–H and O–H groups in total. The number of allylic oxidation sites excluding steroid dienone is 8. The number of hydrogen-bond acceptors (Lipinski definition) is 0. The summed E-state index contributed by atoms with van der Waals surface area (Å²) >= 11 is -3.14. The molecule has 0 aromatic carbocycles. The van der Waals surface area contributed by atoms with E-state index in [0.717, 1.165) is 0 Å². The van der Waals surface area contributed by atoms with Crippen LogP contribution in [0.15, 0.2) is 48.6 Å². The molecule has 2 aliphatic carbocycles. The molecule has 0 atom stereocenters. The molecule has 0 radical (unpaired) electrons. The van der Waals surface area contributed by atoms with Crippen molar-refractivity contribution in [2.24, 2.45) is 0 Å². The predicted molar refractivity (Wildman–Crippen MR) is 55.8 cm³/mol. The molecule has 0 aliphatic heterocycles. The molecule has 3 heteroatoms. The van der Waals surface area contributed by atoms with Gasteiger partial charge in [0.25, 0.3) is 0 Å². The van der Waals surface area contributed by atoms with Gasteiger partial charge in [0.15, 0.2) is 0 Å². The molecule has 0 aromatic rings. The molecular formula is C10H10Cl2Hf. The summed E-state index contributed by atoms with van der Waals surface area (Å²) < 4.78 is 0.682. The second-order valence-corrected chi connectivity index (χ2v) is 24.7. The van der Waals surface area contributed by atoms with Crippen LogP contribution in [0, 0.1) is 0 Å². The quantitative estimate of drug-likeness (QED) is 0.628. The van der Waals surface area contributed by atoms with Gasteiger partial charge in [-0.3, -0.25) is 0 Å². The van der Waals surface area contributed by atoms with Crippen molar-refractivity contribution in [3.63, 3.8) is 0 Å². The number of hydrogen-bond donors (Lipinski definition) is 0. The van der Waals surface area contributed by atoms with Crippen LogP contribution in [0.4, 0.5) is 0 Å². The van der Waals surface area contributed by atoms with E-state index in [4.69, 9.17) is 17.2 Å². The first kappa shape index (κ1) is 9.95. The molecule has 0 saturated heterocycles. The van der Waals surface area contributed by atoms with E-state index in [-0.39, 0.29) is 0 Å². The minimum absolute atomic E-state index is 0.341. The Labute approximate surface area is 90.1 Å². The molecule has 0 bridgehead atoms. The zero-order chi connectivity index (χ0) is 9.31. The Morgan fingerprint density at radius 1 is 0.692 bits per heavy atom. The van der Waals surface area contributed by atoms with E-state index in [1.807, 2.05) is 24.3 Å². The number of rotatable bonds is 2. The van der Waals surface area contributed by atoms with Crippen LogP contribution in [0.2, 0.25) is 7.35 Å². The van der Waals surface area contributed by atoms with Crippen molar-refractivity contribution >= 4 is 17.2 Å². The fourth-order valence-electron chi connectivity index (χ4n) is 1.60. The van der Waals surface area contributed by atoms with Gasteiger partial charge in [-0.2, -0.15) is 0 Å². The summed E-state index contributed by atoms with van der Waals surface area (Å²) in [7, 11) is 13.1. The molecule has 2 rings (SSSR count). The topological polar surface area (TPSA) is 0 Å². The molecule has 0 nitrogen and oxygen atoms in total. The minimum atomic E-state index is -3.14. The molecule has 13 heavy (non-hydrogen) atoms. The molecule has 0 aromatic heterocycles. The third kappa shape index (κ3) is 1.93. The summed E-state index contributed by atoms with van der Waals surface area (Å²) in [5.74, 6) is 0. The maximum atomic E-state index is 6.53. The second-order valence-electron chi connectivity index (χ2n) is 3.27. The second kappa shape index (κ2) is 3.88. The summed E-state index contributed by atoms with van der Waals surface area (Å²) in [5.41, 5.74) is 0. The van der Waals surface area contributed by atoms with Crippen LogP contribution in [0.1, 0.15) is 0 Å². The Morgan fingerprint density at radius 2 is 1.00 bits per heavy atom. The maximum absolute atomic E-state index is 6.53. The summed E-state index contributed by atoms with van der Waals surface area (Å²) in [6.07, 6.45) is 16.6. The Bertz CT molecular complexity index is 259. The molecule has 0 amide bonds. The summed E-state index contributed by atoms with van der Waals surface area (Å²) in [5, 5.41) is 0. The van der Waals surface area contributed by atoms with Gasteiger partial charge in [0, 0.05) is 0 Å². The van der Waals surface area contributed by atoms with Crippen LogP contribution in [0.5, 0.6) is 0 Å². The van der Waals surface area contributed by atoms with Gasteiger partial charge in [-0.05, 0) is 0 Å². The predicted octanol–water partition coefficient (Wildman–Crippen LogP) is 4.28. The zero-order valence-corrected chi connectivity index (χ0v) is 12.1. The van der Waals surface area contributed by atoms with E-state index < -0.39 is 17.6 Å². The van der Waals surface area contributed by atoms with E-state index >= 15 is 0 Å². The molecule has 0 saturated carbocycles. The number of halogens is 2. The van der Waals surface area contributed by atoms with Crippen molar-refractivity contribution in [2.45, 2.75) is 7.35 Å². The van der Waals surface area contributed by atoms with Gasteiger partial charge in [-0.15, -0.1) is 0 Å². The van der Waals surface area contributed by atoms with Gasteiger partial charge < -0.3 is 0 Å². The van der Waals surface area contributed by atoms with E-state index in [0.29, 0.717) is 7.35 Å². The van der Waals surface area contributed by atoms with Gasteiger partial charge in [0.2, 0.25) is 0 Å². The van der Waals surface area contributed by atoms with Gasteiger partial charge in [-0.25, -0.2) is 0 Å². The van der Waals surface area contributed by atoms with Crippen LogP contribution in [0.3, 0.4) is 0 Å². The molecule has 0 spiro atoms. The Kier molecular flexibility index (Phi) is 2.97. The Morgan fingerprint density at radius 3 is 1.31 bits per heavy atom. The normalized spacial score (nSPS) is 22.3. The van der Waals surface area contributed by atoms with E-state index in [1.165, 1.54) is 0 Å². The molecule has 0 heterocycles. The third-order valence-electron chi connectivity index (χ3n) is 2.38. The molecule has 0 unspecified atom stereocenters. The average Bonchev–Trinajstić information content (AvgIpc) is 2.78. The zero-order valence-electron chi connectivity index (χ0n) is 7.03. The third-order valence-corrected chi connectivity index (χ3v) is 19.8. The fraction of sp³-hybridized carbons (Fsp3) is 0.200. The first-order valence-electron chi connectivity index (χ1n) is 4.29. The van der Waals surface area contributed by atoms with Crippen LogP contribution >= 0.6 is 17.2 Å². The Balaban J connectivity index is 2.19. The van der Waals surface area contributed by atoms with Gasteiger partial charge in [-0.1, -0.05) is 0 Å². The first-order valence-corrected chi connectivity index (χ1v) is 17.3. The molecular weight excluding hydrogens is 370 g/mol. The fourth-order valence-corrected chi connectivity index (χ4v) is 13.2. The van der Waals surface area contributed by atoms with E-state index in [9.17, 15) is 0 Å². The van der Waals surface area contributed by atoms with Crippen molar-refractivity contribution in [2.75, 3.05) is 0 Å². The SMILES string of the molecule is [Cl][Hf]([Cl])([CH]1C=CC=C1)[CH]1C=CC=C1. The summed E-state index contributed by atoms with van der Waals surface area (Å²) in [6, 6.07) is 0. The summed E-state index contributed by atoms with van der Waals surface area (Å²) in [6.45, 7) is 0. The monoisotopic (exact) mass is 380 g/mol.